The maximum absolute atomic E-state index is 13.4. The van der Waals surface area contributed by atoms with Crippen molar-refractivity contribution in [1.82, 2.24) is 0 Å². The lowest BCUT2D eigenvalue weighted by Gasteiger charge is -2.43. The van der Waals surface area contributed by atoms with Crippen molar-refractivity contribution in [3.63, 3.8) is 0 Å². The van der Waals surface area contributed by atoms with Crippen LogP contribution in [-0.2, 0) is 9.59 Å². The first-order valence-corrected chi connectivity index (χ1v) is 10.9. The molecule has 1 unspecified atom stereocenters. The van der Waals surface area contributed by atoms with Gasteiger partial charge in [-0.05, 0) is 66.6 Å². The fraction of sp³-hybridized carbons (Fsp3) is 0.360. The number of halogens is 1. The second-order valence-corrected chi connectivity index (χ2v) is 10.1. The molecular weight excluding hydrogens is 426 g/mol. The highest BCUT2D eigenvalue weighted by molar-refractivity contribution is 9.10. The third kappa shape index (κ3) is 3.83. The van der Waals surface area contributed by atoms with Crippen LogP contribution in [0.1, 0.15) is 55.7 Å². The number of carbonyl (C=O) groups excluding carboxylic acids is 2. The number of hydrogen-bond donors (Lipinski definition) is 0. The number of carbonyl (C=O) groups is 2. The molecule has 1 heterocycles. The number of allylic oxidation sites excluding steroid dienone is 2. The summed E-state index contributed by atoms with van der Waals surface area (Å²) >= 11 is 3.53. The van der Waals surface area contributed by atoms with Gasteiger partial charge in [-0.3, -0.25) is 14.5 Å². The van der Waals surface area contributed by atoms with Gasteiger partial charge in [0, 0.05) is 40.2 Å². The lowest BCUT2D eigenvalue weighted by Crippen LogP contribution is -2.43. The van der Waals surface area contributed by atoms with E-state index in [0.717, 1.165) is 44.5 Å². The molecule has 0 saturated heterocycles. The number of anilines is 1. The Labute approximate surface area is 180 Å². The van der Waals surface area contributed by atoms with Gasteiger partial charge >= 0.3 is 0 Å². The van der Waals surface area contributed by atoms with Crippen LogP contribution < -0.4 is 4.90 Å². The molecule has 0 fully saturated rings. The molecule has 29 heavy (non-hydrogen) atoms. The van der Waals surface area contributed by atoms with E-state index in [2.05, 4.69) is 35.8 Å². The number of amides is 1. The molecular formula is C25H26BrNO2. The third-order valence-electron chi connectivity index (χ3n) is 5.86. The Bertz CT molecular complexity index is 1030. The predicted octanol–water partition coefficient (Wildman–Crippen LogP) is 6.23. The molecule has 3 nitrogen and oxygen atoms in total. The molecule has 1 aliphatic heterocycles. The number of aryl methyl sites for hydroxylation is 2. The van der Waals surface area contributed by atoms with Gasteiger partial charge in [-0.15, -0.1) is 0 Å². The Hall–Kier alpha value is -2.20. The van der Waals surface area contributed by atoms with E-state index in [0.29, 0.717) is 12.8 Å². The quantitative estimate of drug-likeness (QED) is 0.542. The molecule has 1 aliphatic carbocycles. The topological polar surface area (TPSA) is 37.4 Å². The molecule has 2 aliphatic rings. The summed E-state index contributed by atoms with van der Waals surface area (Å²) in [6, 6.07) is 14.2. The summed E-state index contributed by atoms with van der Waals surface area (Å²) in [5, 5.41) is 0. The van der Waals surface area contributed by atoms with Crippen molar-refractivity contribution in [2.24, 2.45) is 5.41 Å². The highest BCUT2D eigenvalue weighted by Gasteiger charge is 2.44. The largest absolute Gasteiger partial charge is 0.294 e. The lowest BCUT2D eigenvalue weighted by molar-refractivity contribution is -0.121. The van der Waals surface area contributed by atoms with Crippen molar-refractivity contribution in [3.8, 4) is 0 Å². The van der Waals surface area contributed by atoms with E-state index in [9.17, 15) is 9.59 Å². The average molecular weight is 452 g/mol. The lowest BCUT2D eigenvalue weighted by atomic mass is 9.69. The Morgan fingerprint density at radius 2 is 1.69 bits per heavy atom. The zero-order valence-corrected chi connectivity index (χ0v) is 19.0. The molecule has 2 aromatic rings. The van der Waals surface area contributed by atoms with E-state index in [1.807, 2.05) is 55.1 Å². The molecule has 0 bridgehead atoms. The molecule has 2 aromatic carbocycles. The summed E-state index contributed by atoms with van der Waals surface area (Å²) in [7, 11) is 0. The second kappa shape index (κ2) is 7.24. The highest BCUT2D eigenvalue weighted by Crippen LogP contribution is 2.48. The van der Waals surface area contributed by atoms with Gasteiger partial charge in [0.05, 0.1) is 0 Å². The van der Waals surface area contributed by atoms with Gasteiger partial charge in [-0.1, -0.05) is 48.0 Å². The summed E-state index contributed by atoms with van der Waals surface area (Å²) in [5.74, 6) is 0.0492. The maximum Gasteiger partial charge on any atom is 0.232 e. The van der Waals surface area contributed by atoms with Crippen molar-refractivity contribution in [1.29, 1.82) is 0 Å². The van der Waals surface area contributed by atoms with Gasteiger partial charge in [0.1, 0.15) is 0 Å². The molecule has 4 rings (SSSR count). The smallest absolute Gasteiger partial charge is 0.232 e. The first-order valence-electron chi connectivity index (χ1n) is 10.1. The number of nitrogens with zero attached hydrogens (tertiary/aromatic N) is 1. The summed E-state index contributed by atoms with van der Waals surface area (Å²) < 4.78 is 0.963. The minimum atomic E-state index is -0.180. The summed E-state index contributed by atoms with van der Waals surface area (Å²) in [6.45, 7) is 8.31. The SMILES string of the molecule is Cc1cc(C)cc(N2C(=O)CC(c3cccc(Br)c3)C3=C2CC(C)(C)CC3=O)c1. The molecule has 0 N–H and O–H groups in total. The monoisotopic (exact) mass is 451 g/mol. The van der Waals surface area contributed by atoms with Crippen LogP contribution in [0.5, 0.6) is 0 Å². The zero-order valence-electron chi connectivity index (χ0n) is 17.4. The number of Topliss-reactive ketones (excluding diaryl/α,β-unsaturated/α-hetero) is 1. The van der Waals surface area contributed by atoms with Crippen LogP contribution in [0.3, 0.4) is 0 Å². The molecule has 4 heteroatoms. The standard InChI is InChI=1S/C25H26BrNO2/c1-15-8-16(2)10-19(9-15)27-21-13-25(3,4)14-22(28)24(21)20(12-23(27)29)17-6-5-7-18(26)11-17/h5-11,20H,12-14H2,1-4H3. The molecule has 0 saturated carbocycles. The first kappa shape index (κ1) is 20.1. The number of rotatable bonds is 2. The fourth-order valence-corrected chi connectivity index (χ4v) is 5.22. The third-order valence-corrected chi connectivity index (χ3v) is 6.35. The number of ketones is 1. The highest BCUT2D eigenvalue weighted by atomic mass is 79.9. The Kier molecular flexibility index (Phi) is 5.02. The Balaban J connectivity index is 1.92. The van der Waals surface area contributed by atoms with Crippen molar-refractivity contribution < 1.29 is 9.59 Å². The van der Waals surface area contributed by atoms with E-state index in [4.69, 9.17) is 0 Å². The summed E-state index contributed by atoms with van der Waals surface area (Å²) in [4.78, 5) is 28.6. The first-order chi connectivity index (χ1) is 13.6. The van der Waals surface area contributed by atoms with Gasteiger partial charge in [0.25, 0.3) is 0 Å². The van der Waals surface area contributed by atoms with Crippen molar-refractivity contribution >= 4 is 33.3 Å². The van der Waals surface area contributed by atoms with Crippen molar-refractivity contribution in [2.45, 2.75) is 52.9 Å². The van der Waals surface area contributed by atoms with E-state index < -0.39 is 0 Å². The minimum absolute atomic E-state index is 0.0595. The van der Waals surface area contributed by atoms with Crippen LogP contribution >= 0.6 is 15.9 Å². The number of benzene rings is 2. The van der Waals surface area contributed by atoms with E-state index in [1.165, 1.54) is 0 Å². The van der Waals surface area contributed by atoms with Crippen LogP contribution in [0.15, 0.2) is 58.2 Å². The predicted molar refractivity (Wildman–Crippen MR) is 120 cm³/mol. The molecule has 0 spiro atoms. The molecule has 0 aromatic heterocycles. The van der Waals surface area contributed by atoms with Gasteiger partial charge in [0.2, 0.25) is 5.91 Å². The van der Waals surface area contributed by atoms with E-state index >= 15 is 0 Å². The summed E-state index contributed by atoms with van der Waals surface area (Å²) in [5.41, 5.74) is 5.67. The van der Waals surface area contributed by atoms with E-state index in [-0.39, 0.29) is 23.0 Å². The molecule has 1 amide bonds. The van der Waals surface area contributed by atoms with Gasteiger partial charge in [-0.2, -0.15) is 0 Å². The maximum atomic E-state index is 13.4. The average Bonchev–Trinajstić information content (AvgIpc) is 2.58. The minimum Gasteiger partial charge on any atom is -0.294 e. The van der Waals surface area contributed by atoms with Gasteiger partial charge in [-0.25, -0.2) is 0 Å². The van der Waals surface area contributed by atoms with Crippen LogP contribution in [0.25, 0.3) is 0 Å². The Morgan fingerprint density at radius 3 is 2.34 bits per heavy atom. The normalized spacial score (nSPS) is 21.4. The van der Waals surface area contributed by atoms with Crippen molar-refractivity contribution in [3.05, 3.63) is 74.9 Å². The van der Waals surface area contributed by atoms with Gasteiger partial charge < -0.3 is 0 Å². The van der Waals surface area contributed by atoms with Crippen LogP contribution in [0, 0.1) is 19.3 Å². The van der Waals surface area contributed by atoms with Crippen LogP contribution in [-0.4, -0.2) is 11.7 Å². The van der Waals surface area contributed by atoms with Gasteiger partial charge in [0.15, 0.2) is 5.78 Å². The van der Waals surface area contributed by atoms with E-state index in [1.54, 1.807) is 0 Å². The zero-order chi connectivity index (χ0) is 20.9. The second-order valence-electron chi connectivity index (χ2n) is 9.19. The fourth-order valence-electron chi connectivity index (χ4n) is 4.80. The Morgan fingerprint density at radius 1 is 1.00 bits per heavy atom. The van der Waals surface area contributed by atoms with Crippen molar-refractivity contribution in [2.75, 3.05) is 4.90 Å². The van der Waals surface area contributed by atoms with Crippen LogP contribution in [0.2, 0.25) is 0 Å². The molecule has 1 atom stereocenters. The molecule has 0 radical (unpaired) electrons. The number of hydrogen-bond acceptors (Lipinski definition) is 2. The molecule has 150 valence electrons. The van der Waals surface area contributed by atoms with Crippen LogP contribution in [0.4, 0.5) is 5.69 Å². The summed E-state index contributed by atoms with van der Waals surface area (Å²) in [6.07, 6.45) is 1.55.